The Hall–Kier alpha value is -3.15. The van der Waals surface area contributed by atoms with Gasteiger partial charge in [0.25, 0.3) is 0 Å². The van der Waals surface area contributed by atoms with Gasteiger partial charge in [0.1, 0.15) is 0 Å². The summed E-state index contributed by atoms with van der Waals surface area (Å²) in [5.41, 5.74) is 1.85. The van der Waals surface area contributed by atoms with Crippen LogP contribution in [-0.2, 0) is 22.6 Å². The normalized spacial score (nSPS) is 10.2. The molecule has 0 unspecified atom stereocenters. The van der Waals surface area contributed by atoms with Gasteiger partial charge in [-0.1, -0.05) is 48.5 Å². The lowest BCUT2D eigenvalue weighted by Crippen LogP contribution is -2.30. The van der Waals surface area contributed by atoms with E-state index in [0.717, 1.165) is 5.56 Å². The number of nitrogens with one attached hydrogen (secondary N) is 2. The molecule has 0 saturated heterocycles. The van der Waals surface area contributed by atoms with Crippen molar-refractivity contribution < 1.29 is 19.5 Å². The summed E-state index contributed by atoms with van der Waals surface area (Å²) in [6, 6.07) is 16.2. The minimum absolute atomic E-state index is 0.134. The summed E-state index contributed by atoms with van der Waals surface area (Å²) in [5, 5.41) is 14.6. The topological polar surface area (TPSA) is 95.5 Å². The average molecular weight is 354 g/mol. The number of rotatable bonds is 9. The van der Waals surface area contributed by atoms with Crippen LogP contribution in [0.3, 0.4) is 0 Å². The van der Waals surface area contributed by atoms with Gasteiger partial charge in [-0.15, -0.1) is 0 Å². The SMILES string of the molecule is O=C(CCc1ccccc1C(=O)O)NCCC(=O)NCc1ccccc1. The molecular weight excluding hydrogens is 332 g/mol. The number of aryl methyl sites for hydroxylation is 1. The molecule has 0 aromatic heterocycles. The molecule has 2 aromatic rings. The molecule has 2 rings (SSSR count). The fourth-order valence-corrected chi connectivity index (χ4v) is 2.48. The molecule has 0 aliphatic carbocycles. The number of hydrogen-bond acceptors (Lipinski definition) is 3. The maximum atomic E-state index is 11.9. The lowest BCUT2D eigenvalue weighted by atomic mass is 10.0. The highest BCUT2D eigenvalue weighted by molar-refractivity contribution is 5.89. The van der Waals surface area contributed by atoms with Gasteiger partial charge >= 0.3 is 5.97 Å². The van der Waals surface area contributed by atoms with Crippen LogP contribution in [0.25, 0.3) is 0 Å². The number of amides is 2. The monoisotopic (exact) mass is 354 g/mol. The minimum atomic E-state index is -1.00. The predicted molar refractivity (Wildman–Crippen MR) is 97.6 cm³/mol. The third kappa shape index (κ3) is 6.39. The molecule has 0 atom stereocenters. The molecule has 0 spiro atoms. The Morgan fingerprint density at radius 3 is 2.19 bits per heavy atom. The predicted octanol–water partition coefficient (Wildman–Crippen LogP) is 2.14. The van der Waals surface area contributed by atoms with Gasteiger partial charge < -0.3 is 15.7 Å². The zero-order valence-electron chi connectivity index (χ0n) is 14.4. The van der Waals surface area contributed by atoms with Crippen LogP contribution in [0.1, 0.15) is 34.3 Å². The summed E-state index contributed by atoms with van der Waals surface area (Å²) in [4.78, 5) is 34.8. The van der Waals surface area contributed by atoms with Crippen molar-refractivity contribution in [1.82, 2.24) is 10.6 Å². The molecule has 0 radical (unpaired) electrons. The van der Waals surface area contributed by atoms with Crippen molar-refractivity contribution in [3.63, 3.8) is 0 Å². The van der Waals surface area contributed by atoms with E-state index in [9.17, 15) is 14.4 Å². The van der Waals surface area contributed by atoms with Gasteiger partial charge in [0.2, 0.25) is 11.8 Å². The van der Waals surface area contributed by atoms with E-state index in [4.69, 9.17) is 5.11 Å². The minimum Gasteiger partial charge on any atom is -0.478 e. The number of hydrogen-bond donors (Lipinski definition) is 3. The molecule has 6 nitrogen and oxygen atoms in total. The highest BCUT2D eigenvalue weighted by atomic mass is 16.4. The fraction of sp³-hybridized carbons (Fsp3) is 0.250. The number of carboxylic acids is 1. The highest BCUT2D eigenvalue weighted by Gasteiger charge is 2.10. The maximum absolute atomic E-state index is 11.9. The molecule has 0 fully saturated rings. The van der Waals surface area contributed by atoms with E-state index in [-0.39, 0.29) is 36.8 Å². The zero-order valence-corrected chi connectivity index (χ0v) is 14.4. The summed E-state index contributed by atoms with van der Waals surface area (Å²) in [5.74, 6) is -1.34. The summed E-state index contributed by atoms with van der Waals surface area (Å²) in [6.07, 6.45) is 0.717. The van der Waals surface area contributed by atoms with Crippen molar-refractivity contribution in [3.05, 3.63) is 71.3 Å². The lowest BCUT2D eigenvalue weighted by Gasteiger charge is -2.08. The Balaban J connectivity index is 1.66. The van der Waals surface area contributed by atoms with Crippen molar-refractivity contribution in [2.75, 3.05) is 6.54 Å². The molecule has 3 N–H and O–H groups in total. The van der Waals surface area contributed by atoms with E-state index in [1.54, 1.807) is 18.2 Å². The summed E-state index contributed by atoms with van der Waals surface area (Å²) in [6.45, 7) is 0.708. The van der Waals surface area contributed by atoms with Gasteiger partial charge in [-0.3, -0.25) is 9.59 Å². The fourth-order valence-electron chi connectivity index (χ4n) is 2.48. The van der Waals surface area contributed by atoms with Crippen LogP contribution in [0.2, 0.25) is 0 Å². The van der Waals surface area contributed by atoms with Crippen molar-refractivity contribution in [2.45, 2.75) is 25.8 Å². The number of carbonyl (C=O) groups excluding carboxylic acids is 2. The van der Waals surface area contributed by atoms with Gasteiger partial charge in [0.05, 0.1) is 5.56 Å². The van der Waals surface area contributed by atoms with Crippen molar-refractivity contribution in [3.8, 4) is 0 Å². The van der Waals surface area contributed by atoms with Crippen LogP contribution in [0.4, 0.5) is 0 Å². The van der Waals surface area contributed by atoms with Gasteiger partial charge in [-0.25, -0.2) is 4.79 Å². The molecule has 0 aliphatic rings. The smallest absolute Gasteiger partial charge is 0.335 e. The first kappa shape index (κ1) is 19.2. The van der Waals surface area contributed by atoms with Gasteiger partial charge in [-0.05, 0) is 23.6 Å². The number of benzene rings is 2. The van der Waals surface area contributed by atoms with Crippen molar-refractivity contribution >= 4 is 17.8 Å². The van der Waals surface area contributed by atoms with E-state index >= 15 is 0 Å². The van der Waals surface area contributed by atoms with Crippen LogP contribution in [0.5, 0.6) is 0 Å². The van der Waals surface area contributed by atoms with Gasteiger partial charge in [0, 0.05) is 25.9 Å². The van der Waals surface area contributed by atoms with Gasteiger partial charge in [0.15, 0.2) is 0 Å². The summed E-state index contributed by atoms with van der Waals surface area (Å²) < 4.78 is 0. The van der Waals surface area contributed by atoms with Crippen molar-refractivity contribution in [1.29, 1.82) is 0 Å². The Morgan fingerprint density at radius 2 is 1.46 bits per heavy atom. The second-order valence-electron chi connectivity index (χ2n) is 5.82. The van der Waals surface area contributed by atoms with E-state index < -0.39 is 5.97 Å². The Bertz CT molecular complexity index is 759. The number of carbonyl (C=O) groups is 3. The molecule has 26 heavy (non-hydrogen) atoms. The molecule has 0 bridgehead atoms. The van der Waals surface area contributed by atoms with Crippen LogP contribution in [0.15, 0.2) is 54.6 Å². The second kappa shape index (κ2) is 9.98. The Labute approximate surface area is 152 Å². The summed E-state index contributed by atoms with van der Waals surface area (Å²) >= 11 is 0. The largest absolute Gasteiger partial charge is 0.478 e. The first-order valence-electron chi connectivity index (χ1n) is 8.45. The van der Waals surface area contributed by atoms with E-state index in [0.29, 0.717) is 18.5 Å². The molecular formula is C20H22N2O4. The maximum Gasteiger partial charge on any atom is 0.335 e. The van der Waals surface area contributed by atoms with Crippen LogP contribution in [-0.4, -0.2) is 29.4 Å². The second-order valence-corrected chi connectivity index (χ2v) is 5.82. The zero-order chi connectivity index (χ0) is 18.8. The van der Waals surface area contributed by atoms with E-state index in [1.807, 2.05) is 30.3 Å². The third-order valence-electron chi connectivity index (χ3n) is 3.88. The number of carboxylic acid groups (broad SMARTS) is 1. The van der Waals surface area contributed by atoms with Crippen LogP contribution >= 0.6 is 0 Å². The molecule has 0 aliphatic heterocycles. The summed E-state index contributed by atoms with van der Waals surface area (Å²) in [7, 11) is 0. The van der Waals surface area contributed by atoms with Crippen molar-refractivity contribution in [2.24, 2.45) is 0 Å². The van der Waals surface area contributed by atoms with Crippen LogP contribution < -0.4 is 10.6 Å². The van der Waals surface area contributed by atoms with Gasteiger partial charge in [-0.2, -0.15) is 0 Å². The lowest BCUT2D eigenvalue weighted by molar-refractivity contribution is -0.122. The van der Waals surface area contributed by atoms with E-state index in [1.165, 1.54) is 6.07 Å². The Morgan fingerprint density at radius 1 is 0.808 bits per heavy atom. The molecule has 0 saturated carbocycles. The van der Waals surface area contributed by atoms with E-state index in [2.05, 4.69) is 10.6 Å². The van der Waals surface area contributed by atoms with Crippen LogP contribution in [0, 0.1) is 0 Å². The first-order chi connectivity index (χ1) is 12.6. The molecule has 136 valence electrons. The quantitative estimate of drug-likeness (QED) is 0.643. The average Bonchev–Trinajstić information content (AvgIpc) is 2.65. The molecule has 2 aromatic carbocycles. The molecule has 0 heterocycles. The highest BCUT2D eigenvalue weighted by Crippen LogP contribution is 2.11. The molecule has 2 amide bonds. The molecule has 6 heteroatoms. The first-order valence-corrected chi connectivity index (χ1v) is 8.45. The Kier molecular flexibility index (Phi) is 7.36. The number of aromatic carboxylic acids is 1. The standard InChI is InChI=1S/C20H22N2O4/c23-18(11-10-16-8-4-5-9-17(16)20(25)26)21-13-12-19(24)22-14-15-6-2-1-3-7-15/h1-9H,10-14H2,(H,21,23)(H,22,24)(H,25,26). The third-order valence-corrected chi connectivity index (χ3v) is 3.88.